The third-order valence-electron chi connectivity index (χ3n) is 24.8. The smallest absolute Gasteiger partial charge is 0.160 e. The second-order valence-corrected chi connectivity index (χ2v) is 36.7. The van der Waals surface area contributed by atoms with Crippen molar-refractivity contribution in [3.8, 4) is 179 Å². The number of benzene rings is 19. The van der Waals surface area contributed by atoms with Crippen molar-refractivity contribution >= 4 is 94.9 Å². The molecule has 19 aromatic carbocycles. The van der Waals surface area contributed by atoms with E-state index in [1.807, 2.05) is 0 Å². The van der Waals surface area contributed by atoms with Gasteiger partial charge in [-0.05, 0) is 208 Å². The molecule has 634 valence electrons. The molecule has 0 unspecified atom stereocenters. The molecule has 6 heterocycles. The molecule has 6 aromatic heterocycles. The summed E-state index contributed by atoms with van der Waals surface area (Å²) in [5, 5.41) is 3.47. The summed E-state index contributed by atoms with van der Waals surface area (Å²) in [5.74, 6) is 2.17. The topological polar surface area (TPSA) is 77.3 Å². The minimum atomic E-state index is 0.715. The monoisotopic (exact) mass is 1770 g/mol. The molecule has 25 rings (SSSR count). The molecule has 0 radical (unpaired) electrons. The molecule has 0 atom stereocenters. The Morgan fingerprint density at radius 2 is 0.296 bits per heavy atom. The maximum Gasteiger partial charge on any atom is 0.160 e. The van der Waals surface area contributed by atoms with Crippen molar-refractivity contribution in [2.45, 2.75) is 0 Å². The Morgan fingerprint density at radius 3 is 0.570 bits per heavy atom. The highest BCUT2D eigenvalue weighted by atomic mass is 32.1. The Labute approximate surface area is 795 Å². The van der Waals surface area contributed by atoms with E-state index in [0.29, 0.717) is 5.82 Å². The van der Waals surface area contributed by atoms with Crippen LogP contribution in [0.4, 0.5) is 0 Å². The lowest BCUT2D eigenvalue weighted by Crippen LogP contribution is -1.96. The van der Waals surface area contributed by atoms with Crippen LogP contribution in [0.2, 0.25) is 0 Å². The van der Waals surface area contributed by atoms with Crippen molar-refractivity contribution in [3.05, 3.63) is 497 Å². The average Bonchev–Trinajstić information content (AvgIpc) is 1.62. The second-order valence-electron chi connectivity index (χ2n) is 33.5. The lowest BCUT2D eigenvalue weighted by atomic mass is 9.94. The minimum absolute atomic E-state index is 0.715. The Morgan fingerprint density at radius 1 is 0.119 bits per heavy atom. The number of aromatic nitrogens is 6. The lowest BCUT2D eigenvalue weighted by Gasteiger charge is -2.14. The quantitative estimate of drug-likeness (QED) is 0.0959. The van der Waals surface area contributed by atoms with E-state index < -0.39 is 0 Å². The van der Waals surface area contributed by atoms with Gasteiger partial charge in [-0.25, -0.2) is 29.9 Å². The van der Waals surface area contributed by atoms with Crippen molar-refractivity contribution in [1.82, 2.24) is 29.9 Å². The van der Waals surface area contributed by atoms with Gasteiger partial charge in [-0.1, -0.05) is 400 Å². The second kappa shape index (κ2) is 37.1. The van der Waals surface area contributed by atoms with E-state index in [0.717, 1.165) is 165 Å². The zero-order valence-corrected chi connectivity index (χ0v) is 75.7. The van der Waals surface area contributed by atoms with Crippen LogP contribution in [0, 0.1) is 0 Å². The molecule has 0 aliphatic carbocycles. The predicted octanol–water partition coefficient (Wildman–Crippen LogP) is 35.2. The molecule has 0 spiro atoms. The van der Waals surface area contributed by atoms with Gasteiger partial charge in [0.2, 0.25) is 0 Å². The summed E-state index contributed by atoms with van der Waals surface area (Å²) in [7, 11) is 0. The van der Waals surface area contributed by atoms with Crippen LogP contribution in [0.5, 0.6) is 0 Å². The molecule has 0 aliphatic heterocycles. The molecule has 0 saturated carbocycles. The van der Waals surface area contributed by atoms with Crippen LogP contribution in [-0.4, -0.2) is 29.9 Å². The maximum atomic E-state index is 5.48. The molecule has 0 aliphatic rings. The summed E-state index contributed by atoms with van der Waals surface area (Å²) < 4.78 is 6.95. The van der Waals surface area contributed by atoms with Gasteiger partial charge in [-0.3, -0.25) is 0 Å². The fourth-order valence-electron chi connectivity index (χ4n) is 18.1. The summed E-state index contributed by atoms with van der Waals surface area (Å²) in [6, 6.07) is 176. The predicted molar refractivity (Wildman–Crippen MR) is 572 cm³/mol. The van der Waals surface area contributed by atoms with Gasteiger partial charge in [-0.15, -0.1) is 34.0 Å². The van der Waals surface area contributed by atoms with Crippen LogP contribution >= 0.6 is 34.0 Å². The number of rotatable bonds is 16. The molecular formula is C126H82N6S3. The van der Waals surface area contributed by atoms with Crippen LogP contribution < -0.4 is 0 Å². The molecule has 25 aromatic rings. The van der Waals surface area contributed by atoms with Crippen LogP contribution in [0.15, 0.2) is 497 Å². The summed E-state index contributed by atoms with van der Waals surface area (Å²) >= 11 is 5.29. The van der Waals surface area contributed by atoms with Gasteiger partial charge in [0.15, 0.2) is 17.5 Å². The van der Waals surface area contributed by atoms with Gasteiger partial charge in [0.05, 0.1) is 47.7 Å². The first-order chi connectivity index (χ1) is 66.9. The molecule has 9 heteroatoms. The van der Waals surface area contributed by atoms with Gasteiger partial charge in [0.1, 0.15) is 0 Å². The number of hydrogen-bond donors (Lipinski definition) is 0. The maximum absolute atomic E-state index is 5.48. The fraction of sp³-hybridized carbons (Fsp3) is 0. The zero-order valence-electron chi connectivity index (χ0n) is 73.3. The minimum Gasteiger partial charge on any atom is -0.226 e. The molecule has 0 bridgehead atoms. The Bertz CT molecular complexity index is 8370. The number of thiophene rings is 3. The van der Waals surface area contributed by atoms with E-state index in [1.165, 1.54) is 69.7 Å². The standard InChI is InChI=1S/C46H30N2S.2C40H26N2S/c1-5-15-31(16-6-1)35-25-36(32-17-7-2-8-18-32)28-39(27-35)43-45-44(41-23-13-14-24-42(41)49-45)48-46(47-43)40-29-37(33-19-9-3-10-20-33)26-38(30-40)34-21-11-4-12-22-34;1-4-13-27(14-5-1)30-19-12-20-31(23-30)37-39-38(35-21-10-11-22-36(35)43-39)42-40(41-37)34-25-32(28-15-6-2-7-16-28)24-33(26-34)29-17-8-3-9-18-29;1-4-12-27(13-5-1)30-20-22-31(23-21-30)37-39-38(35-18-10-11-19-36(35)43-39)42-40(41-37)34-25-32(28-14-6-2-7-15-28)24-33(26-34)29-16-8-3-9-17-29/h1-30H;2*1-26H. The highest BCUT2D eigenvalue weighted by Gasteiger charge is 2.24. The highest BCUT2D eigenvalue weighted by Crippen LogP contribution is 2.47. The van der Waals surface area contributed by atoms with E-state index in [1.54, 1.807) is 34.0 Å². The van der Waals surface area contributed by atoms with Crippen LogP contribution in [0.1, 0.15) is 0 Å². The van der Waals surface area contributed by atoms with Crippen molar-refractivity contribution in [2.24, 2.45) is 0 Å². The van der Waals surface area contributed by atoms with Crippen molar-refractivity contribution in [2.75, 3.05) is 0 Å². The van der Waals surface area contributed by atoms with Gasteiger partial charge in [0.25, 0.3) is 0 Å². The first kappa shape index (κ1) is 82.5. The fourth-order valence-corrected chi connectivity index (χ4v) is 21.5. The molecule has 0 saturated heterocycles. The van der Waals surface area contributed by atoms with E-state index in [2.05, 4.69) is 497 Å². The van der Waals surface area contributed by atoms with E-state index in [-0.39, 0.29) is 0 Å². The normalized spacial score (nSPS) is 11.3. The van der Waals surface area contributed by atoms with E-state index >= 15 is 0 Å². The van der Waals surface area contributed by atoms with Gasteiger partial charge in [0, 0.05) is 63.6 Å². The third kappa shape index (κ3) is 17.2. The highest BCUT2D eigenvalue weighted by molar-refractivity contribution is 7.27. The van der Waals surface area contributed by atoms with Crippen LogP contribution in [0.25, 0.3) is 240 Å². The van der Waals surface area contributed by atoms with E-state index in [9.17, 15) is 0 Å². The Hall–Kier alpha value is -16.9. The zero-order chi connectivity index (χ0) is 89.8. The molecule has 0 fully saturated rings. The number of fused-ring (bicyclic) bond motifs is 9. The lowest BCUT2D eigenvalue weighted by molar-refractivity contribution is 1.24. The molecule has 0 N–H and O–H groups in total. The Kier molecular flexibility index (Phi) is 22.7. The number of hydrogen-bond acceptors (Lipinski definition) is 9. The first-order valence-electron chi connectivity index (χ1n) is 45.3. The van der Waals surface area contributed by atoms with E-state index in [4.69, 9.17) is 29.9 Å². The summed E-state index contributed by atoms with van der Waals surface area (Å²) in [5.41, 5.74) is 35.3. The molecule has 135 heavy (non-hydrogen) atoms. The Balaban J connectivity index is 0.000000114. The largest absolute Gasteiger partial charge is 0.226 e. The van der Waals surface area contributed by atoms with Gasteiger partial charge < -0.3 is 0 Å². The average molecular weight is 1780 g/mol. The van der Waals surface area contributed by atoms with Gasteiger partial charge >= 0.3 is 0 Å². The third-order valence-corrected chi connectivity index (χ3v) is 28.3. The summed E-state index contributed by atoms with van der Waals surface area (Å²) in [4.78, 5) is 32.0. The van der Waals surface area contributed by atoms with Crippen molar-refractivity contribution in [1.29, 1.82) is 0 Å². The van der Waals surface area contributed by atoms with Gasteiger partial charge in [-0.2, -0.15) is 0 Å². The van der Waals surface area contributed by atoms with Crippen molar-refractivity contribution < 1.29 is 0 Å². The van der Waals surface area contributed by atoms with Crippen LogP contribution in [0.3, 0.4) is 0 Å². The number of nitrogens with zero attached hydrogens (tertiary/aromatic N) is 6. The summed E-state index contributed by atoms with van der Waals surface area (Å²) in [6.45, 7) is 0. The summed E-state index contributed by atoms with van der Waals surface area (Å²) in [6.07, 6.45) is 0. The first-order valence-corrected chi connectivity index (χ1v) is 47.8. The SMILES string of the molecule is c1ccc(-c2cc(-c3ccccc3)cc(-c3nc(-c4cc(-c5ccccc5)cc(-c5ccccc5)c4)c4sc5ccccc5c4n3)c2)cc1.c1ccc(-c2cc(-c3ccccc3)cc(-c3nc(-c4cccc(-c5ccccc5)c4)c4sc5ccccc5c4n3)c2)cc1.c1ccc(-c2ccc(-c3nc(-c4cc(-c5ccccc5)cc(-c5ccccc5)c4)nc4c3sc3ccccc34)cc2)cc1. The van der Waals surface area contributed by atoms with Crippen molar-refractivity contribution in [3.63, 3.8) is 0 Å². The molecule has 0 amide bonds. The van der Waals surface area contributed by atoms with Crippen LogP contribution in [-0.2, 0) is 0 Å². The molecular weight excluding hydrogens is 1690 g/mol. The molecule has 6 nitrogen and oxygen atoms in total.